The number of aromatic nitrogens is 3. The van der Waals surface area contributed by atoms with Crippen molar-refractivity contribution in [1.82, 2.24) is 19.7 Å². The van der Waals surface area contributed by atoms with Gasteiger partial charge in [-0.15, -0.1) is 0 Å². The SMILES string of the molecule is Cc1nc(C)n(C[C@@H]2CN(Cc3cccc4c3OCCO4)CCO2)n1. The number of aryl methyl sites for hydroxylation is 2. The molecule has 1 aromatic carbocycles. The van der Waals surface area contributed by atoms with Gasteiger partial charge in [0.05, 0.1) is 19.3 Å². The zero-order valence-electron chi connectivity index (χ0n) is 14.8. The lowest BCUT2D eigenvalue weighted by atomic mass is 10.1. The number of nitrogens with zero attached hydrogens (tertiary/aromatic N) is 4. The van der Waals surface area contributed by atoms with Crippen LogP contribution >= 0.6 is 0 Å². The lowest BCUT2D eigenvalue weighted by Crippen LogP contribution is -2.44. The van der Waals surface area contributed by atoms with Crippen molar-refractivity contribution in [3.05, 3.63) is 35.4 Å². The summed E-state index contributed by atoms with van der Waals surface area (Å²) >= 11 is 0. The largest absolute Gasteiger partial charge is 0.486 e. The van der Waals surface area contributed by atoms with E-state index < -0.39 is 0 Å². The molecule has 1 aromatic heterocycles. The molecule has 0 N–H and O–H groups in total. The van der Waals surface area contributed by atoms with E-state index in [1.165, 1.54) is 5.56 Å². The molecule has 3 heterocycles. The average Bonchev–Trinajstić information content (AvgIpc) is 2.93. The molecule has 0 amide bonds. The number of hydrogen-bond donors (Lipinski definition) is 0. The molecule has 1 fully saturated rings. The van der Waals surface area contributed by atoms with Crippen molar-refractivity contribution in [2.75, 3.05) is 32.9 Å². The second-order valence-electron chi connectivity index (χ2n) is 6.56. The third-order valence-corrected chi connectivity index (χ3v) is 4.60. The number of hydrogen-bond acceptors (Lipinski definition) is 6. The Morgan fingerprint density at radius 3 is 2.88 bits per heavy atom. The summed E-state index contributed by atoms with van der Waals surface area (Å²) in [5.41, 5.74) is 1.17. The predicted octanol–water partition coefficient (Wildman–Crippen LogP) is 1.57. The molecule has 4 rings (SSSR count). The lowest BCUT2D eigenvalue weighted by molar-refractivity contribution is -0.0408. The lowest BCUT2D eigenvalue weighted by Gasteiger charge is -2.33. The van der Waals surface area contributed by atoms with E-state index in [9.17, 15) is 0 Å². The standard InChI is InChI=1S/C18H24N4O3/c1-13-19-14(2)22(20-13)12-16-11-21(6-7-23-16)10-15-4-3-5-17-18(15)25-9-8-24-17/h3-5,16H,6-12H2,1-2H3/t16-/m0/s1. The highest BCUT2D eigenvalue weighted by Crippen LogP contribution is 2.34. The van der Waals surface area contributed by atoms with Crippen molar-refractivity contribution in [1.29, 1.82) is 0 Å². The summed E-state index contributed by atoms with van der Waals surface area (Å²) in [6.45, 7) is 9.19. The molecule has 7 nitrogen and oxygen atoms in total. The molecule has 0 spiro atoms. The monoisotopic (exact) mass is 344 g/mol. The third-order valence-electron chi connectivity index (χ3n) is 4.60. The Bertz CT molecular complexity index is 746. The molecule has 0 saturated carbocycles. The maximum atomic E-state index is 5.94. The van der Waals surface area contributed by atoms with E-state index in [-0.39, 0.29) is 6.10 Å². The Labute approximate surface area is 147 Å². The van der Waals surface area contributed by atoms with E-state index >= 15 is 0 Å². The normalized spacial score (nSPS) is 20.6. The third kappa shape index (κ3) is 3.62. The van der Waals surface area contributed by atoms with Crippen molar-refractivity contribution in [3.63, 3.8) is 0 Å². The highest BCUT2D eigenvalue weighted by Gasteiger charge is 2.24. The first kappa shape index (κ1) is 16.4. The quantitative estimate of drug-likeness (QED) is 0.839. The molecule has 2 aliphatic heterocycles. The maximum absolute atomic E-state index is 5.94. The van der Waals surface area contributed by atoms with Crippen LogP contribution in [0.4, 0.5) is 0 Å². The summed E-state index contributed by atoms with van der Waals surface area (Å²) < 4.78 is 19.4. The average molecular weight is 344 g/mol. The van der Waals surface area contributed by atoms with Crippen LogP contribution in [0.5, 0.6) is 11.5 Å². The molecule has 134 valence electrons. The van der Waals surface area contributed by atoms with Crippen molar-refractivity contribution in [2.45, 2.75) is 33.0 Å². The molecule has 1 atom stereocenters. The van der Waals surface area contributed by atoms with Gasteiger partial charge in [0.15, 0.2) is 11.5 Å². The van der Waals surface area contributed by atoms with E-state index in [2.05, 4.69) is 21.0 Å². The van der Waals surface area contributed by atoms with Crippen LogP contribution in [0.3, 0.4) is 0 Å². The minimum atomic E-state index is 0.116. The van der Waals surface area contributed by atoms with E-state index in [1.54, 1.807) is 0 Å². The number of ether oxygens (including phenoxy) is 3. The molecule has 0 unspecified atom stereocenters. The van der Waals surface area contributed by atoms with Gasteiger partial charge in [-0.3, -0.25) is 4.90 Å². The first-order valence-corrected chi connectivity index (χ1v) is 8.78. The van der Waals surface area contributed by atoms with E-state index in [0.29, 0.717) is 13.2 Å². The van der Waals surface area contributed by atoms with Crippen LogP contribution < -0.4 is 9.47 Å². The van der Waals surface area contributed by atoms with Crippen LogP contribution in [0.15, 0.2) is 18.2 Å². The van der Waals surface area contributed by atoms with Crippen LogP contribution in [0.2, 0.25) is 0 Å². The fourth-order valence-electron chi connectivity index (χ4n) is 3.46. The fraction of sp³-hybridized carbons (Fsp3) is 0.556. The van der Waals surface area contributed by atoms with Gasteiger partial charge in [-0.05, 0) is 19.9 Å². The van der Waals surface area contributed by atoms with Gasteiger partial charge in [-0.25, -0.2) is 9.67 Å². The summed E-state index contributed by atoms with van der Waals surface area (Å²) in [5, 5.41) is 4.44. The molecule has 0 bridgehead atoms. The van der Waals surface area contributed by atoms with Crippen LogP contribution in [0.25, 0.3) is 0 Å². The predicted molar refractivity (Wildman–Crippen MR) is 91.9 cm³/mol. The second kappa shape index (κ2) is 7.01. The highest BCUT2D eigenvalue weighted by molar-refractivity contribution is 5.47. The van der Waals surface area contributed by atoms with E-state index in [1.807, 2.05) is 30.7 Å². The van der Waals surface area contributed by atoms with Crippen molar-refractivity contribution >= 4 is 0 Å². The molecule has 0 aliphatic carbocycles. The molecular weight excluding hydrogens is 320 g/mol. The molecule has 2 aromatic rings. The molecule has 7 heteroatoms. The Kier molecular flexibility index (Phi) is 4.59. The fourth-order valence-corrected chi connectivity index (χ4v) is 3.46. The minimum absolute atomic E-state index is 0.116. The zero-order chi connectivity index (χ0) is 17.2. The van der Waals surface area contributed by atoms with Crippen LogP contribution in [-0.4, -0.2) is 58.7 Å². The van der Waals surface area contributed by atoms with Gasteiger partial charge < -0.3 is 14.2 Å². The molecule has 1 saturated heterocycles. The topological polar surface area (TPSA) is 61.6 Å². The maximum Gasteiger partial charge on any atom is 0.165 e. The number of fused-ring (bicyclic) bond motifs is 1. The molecule has 0 radical (unpaired) electrons. The number of morpholine rings is 1. The van der Waals surface area contributed by atoms with Gasteiger partial charge in [0.25, 0.3) is 0 Å². The minimum Gasteiger partial charge on any atom is -0.486 e. The van der Waals surface area contributed by atoms with Gasteiger partial charge in [0.1, 0.15) is 24.9 Å². The zero-order valence-corrected chi connectivity index (χ0v) is 14.8. The molecule has 25 heavy (non-hydrogen) atoms. The first-order chi connectivity index (χ1) is 12.2. The van der Waals surface area contributed by atoms with Crippen LogP contribution in [0, 0.1) is 13.8 Å². The summed E-state index contributed by atoms with van der Waals surface area (Å²) in [6, 6.07) is 6.11. The van der Waals surface area contributed by atoms with Crippen molar-refractivity contribution in [2.24, 2.45) is 0 Å². The van der Waals surface area contributed by atoms with Crippen molar-refractivity contribution in [3.8, 4) is 11.5 Å². The summed E-state index contributed by atoms with van der Waals surface area (Å²) in [6.07, 6.45) is 0.116. The van der Waals surface area contributed by atoms with E-state index in [0.717, 1.165) is 55.9 Å². The number of benzene rings is 1. The van der Waals surface area contributed by atoms with Gasteiger partial charge in [0, 0.05) is 25.2 Å². The summed E-state index contributed by atoms with van der Waals surface area (Å²) in [7, 11) is 0. The summed E-state index contributed by atoms with van der Waals surface area (Å²) in [4.78, 5) is 6.77. The van der Waals surface area contributed by atoms with Gasteiger partial charge >= 0.3 is 0 Å². The molecular formula is C18H24N4O3. The first-order valence-electron chi connectivity index (χ1n) is 8.78. The Morgan fingerprint density at radius 1 is 1.16 bits per heavy atom. The Balaban J connectivity index is 1.43. The Morgan fingerprint density at radius 2 is 2.04 bits per heavy atom. The Hall–Kier alpha value is -2.12. The number of para-hydroxylation sites is 1. The van der Waals surface area contributed by atoms with Gasteiger partial charge in [-0.2, -0.15) is 5.10 Å². The molecule has 2 aliphatic rings. The van der Waals surface area contributed by atoms with Crippen LogP contribution in [0.1, 0.15) is 17.2 Å². The number of rotatable bonds is 4. The van der Waals surface area contributed by atoms with Gasteiger partial charge in [-0.1, -0.05) is 12.1 Å². The highest BCUT2D eigenvalue weighted by atomic mass is 16.6. The summed E-state index contributed by atoms with van der Waals surface area (Å²) in [5.74, 6) is 3.47. The van der Waals surface area contributed by atoms with Crippen LogP contribution in [-0.2, 0) is 17.8 Å². The van der Waals surface area contributed by atoms with Crippen molar-refractivity contribution < 1.29 is 14.2 Å². The van der Waals surface area contributed by atoms with Gasteiger partial charge in [0.2, 0.25) is 0 Å². The van der Waals surface area contributed by atoms with E-state index in [4.69, 9.17) is 14.2 Å². The second-order valence-corrected chi connectivity index (χ2v) is 6.56. The smallest absolute Gasteiger partial charge is 0.165 e.